The molecule has 3 heterocycles. The van der Waals surface area contributed by atoms with Crippen molar-refractivity contribution in [2.24, 2.45) is 0 Å². The molecule has 1 fully saturated rings. The van der Waals surface area contributed by atoms with E-state index in [1.807, 2.05) is 42.3 Å². The van der Waals surface area contributed by atoms with E-state index >= 15 is 0 Å². The first-order chi connectivity index (χ1) is 12.5. The SMILES string of the molecule is Cc1ccc(-c2ccc([C@@H]3[C@@H](c4ccccn4)NC(=S)N3C)o2)c(Br)c1. The van der Waals surface area contributed by atoms with Crippen molar-refractivity contribution in [3.05, 3.63) is 76.2 Å². The predicted molar refractivity (Wildman–Crippen MR) is 110 cm³/mol. The second-order valence-corrected chi connectivity index (χ2v) is 7.66. The Morgan fingerprint density at radius 1 is 1.19 bits per heavy atom. The summed E-state index contributed by atoms with van der Waals surface area (Å²) >= 11 is 9.10. The van der Waals surface area contributed by atoms with Crippen LogP contribution in [-0.4, -0.2) is 22.0 Å². The van der Waals surface area contributed by atoms with Gasteiger partial charge in [0, 0.05) is 23.3 Å². The number of rotatable bonds is 3. The molecule has 0 unspecified atom stereocenters. The number of nitrogens with one attached hydrogen (secondary N) is 1. The van der Waals surface area contributed by atoms with Gasteiger partial charge in [0.1, 0.15) is 17.6 Å². The molecular formula is C20H18BrN3OS. The summed E-state index contributed by atoms with van der Waals surface area (Å²) in [5, 5.41) is 4.06. The molecule has 1 aliphatic rings. The highest BCUT2D eigenvalue weighted by Gasteiger charge is 2.39. The van der Waals surface area contributed by atoms with Crippen molar-refractivity contribution in [3.63, 3.8) is 0 Å². The van der Waals surface area contributed by atoms with Crippen LogP contribution in [0, 0.1) is 6.92 Å². The van der Waals surface area contributed by atoms with Crippen LogP contribution in [0.15, 0.2) is 63.6 Å². The van der Waals surface area contributed by atoms with Gasteiger partial charge in [-0.25, -0.2) is 0 Å². The van der Waals surface area contributed by atoms with E-state index in [0.717, 1.165) is 27.3 Å². The van der Waals surface area contributed by atoms with Gasteiger partial charge in [0.15, 0.2) is 5.11 Å². The zero-order valence-electron chi connectivity index (χ0n) is 14.4. The van der Waals surface area contributed by atoms with Gasteiger partial charge in [0.25, 0.3) is 0 Å². The lowest BCUT2D eigenvalue weighted by molar-refractivity contribution is 0.310. The summed E-state index contributed by atoms with van der Waals surface area (Å²) in [4.78, 5) is 6.53. The minimum absolute atomic E-state index is 0.0460. The Balaban J connectivity index is 1.72. The van der Waals surface area contributed by atoms with E-state index in [1.165, 1.54) is 5.56 Å². The third-order valence-electron chi connectivity index (χ3n) is 4.65. The summed E-state index contributed by atoms with van der Waals surface area (Å²) in [7, 11) is 1.98. The molecule has 0 saturated carbocycles. The van der Waals surface area contributed by atoms with E-state index < -0.39 is 0 Å². The van der Waals surface area contributed by atoms with Crippen LogP contribution >= 0.6 is 28.1 Å². The minimum Gasteiger partial charge on any atom is -0.459 e. The monoisotopic (exact) mass is 427 g/mol. The van der Waals surface area contributed by atoms with Crippen molar-refractivity contribution >= 4 is 33.3 Å². The maximum atomic E-state index is 6.25. The third-order valence-corrected chi connectivity index (χ3v) is 5.71. The number of furan rings is 1. The van der Waals surface area contributed by atoms with Crippen LogP contribution in [0.2, 0.25) is 0 Å². The first-order valence-corrected chi connectivity index (χ1v) is 9.55. The van der Waals surface area contributed by atoms with Gasteiger partial charge in [0.05, 0.1) is 11.7 Å². The van der Waals surface area contributed by atoms with Crippen molar-refractivity contribution in [2.45, 2.75) is 19.0 Å². The van der Waals surface area contributed by atoms with Crippen LogP contribution in [-0.2, 0) is 0 Å². The fourth-order valence-electron chi connectivity index (χ4n) is 3.29. The Bertz CT molecular complexity index is 957. The fourth-order valence-corrected chi connectivity index (χ4v) is 4.22. The van der Waals surface area contributed by atoms with Gasteiger partial charge >= 0.3 is 0 Å². The average molecular weight is 428 g/mol. The molecule has 0 bridgehead atoms. The van der Waals surface area contributed by atoms with Crippen molar-refractivity contribution in [1.29, 1.82) is 0 Å². The minimum atomic E-state index is -0.0471. The largest absolute Gasteiger partial charge is 0.459 e. The highest BCUT2D eigenvalue weighted by Crippen LogP contribution is 2.40. The van der Waals surface area contributed by atoms with Gasteiger partial charge in [0.2, 0.25) is 0 Å². The highest BCUT2D eigenvalue weighted by molar-refractivity contribution is 9.10. The van der Waals surface area contributed by atoms with Crippen LogP contribution in [0.4, 0.5) is 0 Å². The number of nitrogens with zero attached hydrogens (tertiary/aromatic N) is 2. The van der Waals surface area contributed by atoms with E-state index in [4.69, 9.17) is 16.6 Å². The first-order valence-electron chi connectivity index (χ1n) is 8.35. The molecule has 4 rings (SSSR count). The number of benzene rings is 1. The number of aryl methyl sites for hydroxylation is 1. The molecule has 1 aliphatic heterocycles. The summed E-state index contributed by atoms with van der Waals surface area (Å²) in [5.74, 6) is 1.69. The number of thiocarbonyl (C=S) groups is 1. The topological polar surface area (TPSA) is 41.3 Å². The van der Waals surface area contributed by atoms with E-state index in [0.29, 0.717) is 5.11 Å². The third kappa shape index (κ3) is 3.04. The molecule has 1 aromatic carbocycles. The molecule has 0 amide bonds. The van der Waals surface area contributed by atoms with Gasteiger partial charge in [-0.05, 0) is 61.1 Å². The maximum absolute atomic E-state index is 6.25. The molecule has 132 valence electrons. The highest BCUT2D eigenvalue weighted by atomic mass is 79.9. The number of pyridine rings is 1. The number of halogens is 1. The van der Waals surface area contributed by atoms with E-state index in [2.05, 4.69) is 51.4 Å². The van der Waals surface area contributed by atoms with Gasteiger partial charge < -0.3 is 14.6 Å². The van der Waals surface area contributed by atoms with Crippen LogP contribution in [0.5, 0.6) is 0 Å². The van der Waals surface area contributed by atoms with Crippen molar-refractivity contribution < 1.29 is 4.42 Å². The molecule has 0 radical (unpaired) electrons. The number of hydrogen-bond donors (Lipinski definition) is 1. The van der Waals surface area contributed by atoms with Crippen molar-refractivity contribution in [1.82, 2.24) is 15.2 Å². The Morgan fingerprint density at radius 3 is 2.77 bits per heavy atom. The molecular weight excluding hydrogens is 410 g/mol. The van der Waals surface area contributed by atoms with Crippen molar-refractivity contribution in [3.8, 4) is 11.3 Å². The molecule has 26 heavy (non-hydrogen) atoms. The zero-order valence-corrected chi connectivity index (χ0v) is 16.8. The van der Waals surface area contributed by atoms with E-state index in [9.17, 15) is 0 Å². The Labute approximate surface area is 166 Å². The molecule has 4 nitrogen and oxygen atoms in total. The molecule has 1 saturated heterocycles. The smallest absolute Gasteiger partial charge is 0.170 e. The second-order valence-electron chi connectivity index (χ2n) is 6.42. The van der Waals surface area contributed by atoms with Crippen LogP contribution in [0.1, 0.15) is 29.1 Å². The Hall–Kier alpha value is -2.18. The number of hydrogen-bond acceptors (Lipinski definition) is 3. The predicted octanol–water partition coefficient (Wildman–Crippen LogP) is 5.01. The van der Waals surface area contributed by atoms with Crippen LogP contribution in [0.3, 0.4) is 0 Å². The molecule has 1 N–H and O–H groups in total. The maximum Gasteiger partial charge on any atom is 0.170 e. The number of aromatic nitrogens is 1. The lowest BCUT2D eigenvalue weighted by Crippen LogP contribution is -2.24. The summed E-state index contributed by atoms with van der Waals surface area (Å²) in [6.45, 7) is 2.07. The summed E-state index contributed by atoms with van der Waals surface area (Å²) in [6, 6.07) is 16.1. The number of likely N-dealkylation sites (N-methyl/N-ethyl adjacent to an activating group) is 1. The Morgan fingerprint density at radius 2 is 2.04 bits per heavy atom. The van der Waals surface area contributed by atoms with E-state index in [1.54, 1.807) is 6.20 Å². The summed E-state index contributed by atoms with van der Waals surface area (Å²) in [6.07, 6.45) is 1.80. The fraction of sp³-hybridized carbons (Fsp3) is 0.200. The van der Waals surface area contributed by atoms with E-state index in [-0.39, 0.29) is 12.1 Å². The normalized spacial score (nSPS) is 19.7. The van der Waals surface area contributed by atoms with Gasteiger partial charge in [-0.15, -0.1) is 0 Å². The molecule has 2 aromatic heterocycles. The molecule has 0 spiro atoms. The molecule has 3 aromatic rings. The lowest BCUT2D eigenvalue weighted by Gasteiger charge is -2.21. The van der Waals surface area contributed by atoms with Crippen LogP contribution in [0.25, 0.3) is 11.3 Å². The van der Waals surface area contributed by atoms with Crippen LogP contribution < -0.4 is 5.32 Å². The standard InChI is InChI=1S/C20H18BrN3OS/c1-12-6-7-13(14(21)11-12)16-8-9-17(25-16)19-18(23-20(26)24(19)2)15-5-3-4-10-22-15/h3-11,18-19H,1-2H3,(H,23,26)/t18-,19-/m1/s1. The second kappa shape index (κ2) is 6.85. The summed E-state index contributed by atoms with van der Waals surface area (Å²) < 4.78 is 7.27. The van der Waals surface area contributed by atoms with Gasteiger partial charge in [-0.2, -0.15) is 0 Å². The zero-order chi connectivity index (χ0) is 18.3. The lowest BCUT2D eigenvalue weighted by atomic mass is 10.0. The summed E-state index contributed by atoms with van der Waals surface area (Å²) in [5.41, 5.74) is 3.18. The van der Waals surface area contributed by atoms with Gasteiger partial charge in [-0.3, -0.25) is 4.98 Å². The van der Waals surface area contributed by atoms with Crippen molar-refractivity contribution in [2.75, 3.05) is 7.05 Å². The Kier molecular flexibility index (Phi) is 4.54. The van der Waals surface area contributed by atoms with Gasteiger partial charge in [-0.1, -0.05) is 28.1 Å². The molecule has 6 heteroatoms. The molecule has 2 atom stereocenters. The average Bonchev–Trinajstić information content (AvgIpc) is 3.21. The molecule has 0 aliphatic carbocycles. The first kappa shape index (κ1) is 17.2. The quantitative estimate of drug-likeness (QED) is 0.594.